The second-order valence-corrected chi connectivity index (χ2v) is 8.85. The molecule has 4 aromatic rings. The molecule has 178 valence electrons. The molecular weight excluding hydrogens is 443 g/mol. The second kappa shape index (κ2) is 9.76. The molecule has 0 aliphatic carbocycles. The van der Waals surface area contributed by atoms with E-state index in [0.717, 1.165) is 24.7 Å². The van der Waals surface area contributed by atoms with Crippen molar-refractivity contribution in [3.63, 3.8) is 0 Å². The van der Waals surface area contributed by atoms with Crippen molar-refractivity contribution in [3.8, 4) is 5.75 Å². The molecule has 0 fully saturated rings. The van der Waals surface area contributed by atoms with Crippen LogP contribution in [0.4, 0.5) is 15.8 Å². The Morgan fingerprint density at radius 3 is 2.71 bits per heavy atom. The lowest BCUT2D eigenvalue weighted by molar-refractivity contribution is 0.0696. The van der Waals surface area contributed by atoms with E-state index in [4.69, 9.17) is 4.74 Å². The van der Waals surface area contributed by atoms with Gasteiger partial charge in [0.15, 0.2) is 0 Å². The van der Waals surface area contributed by atoms with Gasteiger partial charge in [-0.25, -0.2) is 9.18 Å². The summed E-state index contributed by atoms with van der Waals surface area (Å²) in [5.41, 5.74) is 2.47. The number of rotatable bonds is 7. The molecule has 0 spiro atoms. The Labute approximate surface area is 203 Å². The van der Waals surface area contributed by atoms with E-state index in [-0.39, 0.29) is 17.7 Å². The number of ether oxygens (including phenoxy) is 1. The fourth-order valence-corrected chi connectivity index (χ4v) is 4.75. The van der Waals surface area contributed by atoms with E-state index in [2.05, 4.69) is 48.6 Å². The van der Waals surface area contributed by atoms with Crippen molar-refractivity contribution in [1.29, 1.82) is 0 Å². The third kappa shape index (κ3) is 4.84. The van der Waals surface area contributed by atoms with Crippen LogP contribution in [0.25, 0.3) is 10.8 Å². The van der Waals surface area contributed by atoms with Crippen LogP contribution >= 0.6 is 0 Å². The highest BCUT2D eigenvalue weighted by Crippen LogP contribution is 2.39. The molecule has 2 N–H and O–H groups in total. The number of halogens is 1. The quantitative estimate of drug-likeness (QED) is 0.331. The number of fused-ring (bicyclic) bond motifs is 2. The molecule has 0 radical (unpaired) electrons. The minimum Gasteiger partial charge on any atom is -0.486 e. The first-order valence-corrected chi connectivity index (χ1v) is 11.8. The Hall–Kier alpha value is -3.90. The molecule has 0 saturated heterocycles. The lowest BCUT2D eigenvalue weighted by atomic mass is 9.99. The van der Waals surface area contributed by atoms with E-state index in [1.165, 1.54) is 28.5 Å². The predicted octanol–water partition coefficient (Wildman–Crippen LogP) is 6.32. The Kier molecular flexibility index (Phi) is 6.38. The average Bonchev–Trinajstić information content (AvgIpc) is 2.87. The summed E-state index contributed by atoms with van der Waals surface area (Å²) >= 11 is 0. The van der Waals surface area contributed by atoms with Gasteiger partial charge in [-0.3, -0.25) is 0 Å². The van der Waals surface area contributed by atoms with Crippen molar-refractivity contribution in [2.75, 3.05) is 18.0 Å². The van der Waals surface area contributed by atoms with Crippen LogP contribution in [0.15, 0.2) is 84.9 Å². The summed E-state index contributed by atoms with van der Waals surface area (Å²) in [6.45, 7) is 3.38. The maximum Gasteiger partial charge on any atom is 0.335 e. The predicted molar refractivity (Wildman–Crippen MR) is 136 cm³/mol. The smallest absolute Gasteiger partial charge is 0.335 e. The Morgan fingerprint density at radius 2 is 1.86 bits per heavy atom. The van der Waals surface area contributed by atoms with Gasteiger partial charge < -0.3 is 20.1 Å². The van der Waals surface area contributed by atoms with Gasteiger partial charge in [0, 0.05) is 11.7 Å². The number of benzene rings is 4. The molecule has 1 unspecified atom stereocenters. The molecule has 5 rings (SSSR count). The number of nitrogens with zero attached hydrogens (tertiary/aromatic N) is 1. The lowest BCUT2D eigenvalue weighted by Crippen LogP contribution is -2.39. The van der Waals surface area contributed by atoms with Crippen LogP contribution in [0.1, 0.15) is 35.3 Å². The van der Waals surface area contributed by atoms with Gasteiger partial charge in [-0.2, -0.15) is 0 Å². The molecular formula is C29H27FN2O3. The molecule has 5 nitrogen and oxygen atoms in total. The Balaban J connectivity index is 1.32. The van der Waals surface area contributed by atoms with E-state index < -0.39 is 11.8 Å². The number of para-hydroxylation sites is 2. The SMILES string of the molecule is C[C@@H](NCCC1CN(c2cc(F)cc(C(=O)O)c2)c2ccccc2O1)c1cccc2ccccc12. The molecule has 1 aliphatic heterocycles. The van der Waals surface area contributed by atoms with E-state index in [0.29, 0.717) is 18.0 Å². The summed E-state index contributed by atoms with van der Waals surface area (Å²) in [5.74, 6) is -1.03. The third-order valence-electron chi connectivity index (χ3n) is 6.48. The zero-order valence-electron chi connectivity index (χ0n) is 19.4. The molecule has 35 heavy (non-hydrogen) atoms. The van der Waals surface area contributed by atoms with Crippen LogP contribution in [0.3, 0.4) is 0 Å². The highest BCUT2D eigenvalue weighted by atomic mass is 19.1. The van der Waals surface area contributed by atoms with Gasteiger partial charge in [0.2, 0.25) is 0 Å². The van der Waals surface area contributed by atoms with Gasteiger partial charge in [0.25, 0.3) is 0 Å². The van der Waals surface area contributed by atoms with Crippen molar-refractivity contribution >= 4 is 28.1 Å². The highest BCUT2D eigenvalue weighted by Gasteiger charge is 2.27. The van der Waals surface area contributed by atoms with Crippen LogP contribution in [-0.4, -0.2) is 30.3 Å². The van der Waals surface area contributed by atoms with Crippen molar-refractivity contribution in [1.82, 2.24) is 5.32 Å². The van der Waals surface area contributed by atoms with Crippen molar-refractivity contribution < 1.29 is 19.0 Å². The highest BCUT2D eigenvalue weighted by molar-refractivity contribution is 5.89. The van der Waals surface area contributed by atoms with Crippen LogP contribution < -0.4 is 15.0 Å². The number of carbonyl (C=O) groups is 1. The van der Waals surface area contributed by atoms with Crippen molar-refractivity contribution in [2.45, 2.75) is 25.5 Å². The zero-order valence-corrected chi connectivity index (χ0v) is 19.4. The van der Waals surface area contributed by atoms with Gasteiger partial charge in [0.1, 0.15) is 17.7 Å². The van der Waals surface area contributed by atoms with E-state index in [1.807, 2.05) is 35.2 Å². The third-order valence-corrected chi connectivity index (χ3v) is 6.48. The summed E-state index contributed by atoms with van der Waals surface area (Å²) in [6.07, 6.45) is 0.592. The van der Waals surface area contributed by atoms with Gasteiger partial charge in [-0.05, 0) is 66.6 Å². The Bertz CT molecular complexity index is 1370. The average molecular weight is 471 g/mol. The number of hydrogen-bond donors (Lipinski definition) is 2. The van der Waals surface area contributed by atoms with Crippen molar-refractivity contribution in [3.05, 3.63) is 102 Å². The second-order valence-electron chi connectivity index (χ2n) is 8.85. The number of carboxylic acid groups (broad SMARTS) is 1. The van der Waals surface area contributed by atoms with Crippen LogP contribution in [0.2, 0.25) is 0 Å². The molecule has 1 heterocycles. The van der Waals surface area contributed by atoms with Crippen LogP contribution in [-0.2, 0) is 0 Å². The maximum absolute atomic E-state index is 14.2. The number of anilines is 2. The first kappa shape index (κ1) is 22.9. The molecule has 0 amide bonds. The van der Waals surface area contributed by atoms with Crippen LogP contribution in [0.5, 0.6) is 5.75 Å². The van der Waals surface area contributed by atoms with E-state index in [1.54, 1.807) is 0 Å². The Morgan fingerprint density at radius 1 is 1.09 bits per heavy atom. The zero-order chi connectivity index (χ0) is 24.4. The summed E-state index contributed by atoms with van der Waals surface area (Å²) in [6, 6.07) is 26.4. The maximum atomic E-state index is 14.2. The summed E-state index contributed by atoms with van der Waals surface area (Å²) < 4.78 is 20.5. The largest absolute Gasteiger partial charge is 0.486 e. The number of nitrogens with one attached hydrogen (secondary N) is 1. The molecule has 1 aliphatic rings. The lowest BCUT2D eigenvalue weighted by Gasteiger charge is -2.36. The first-order valence-electron chi connectivity index (χ1n) is 11.8. The minimum absolute atomic E-state index is 0.0777. The summed E-state index contributed by atoms with van der Waals surface area (Å²) in [7, 11) is 0. The minimum atomic E-state index is -1.16. The van der Waals surface area contributed by atoms with E-state index >= 15 is 0 Å². The van der Waals surface area contributed by atoms with Gasteiger partial charge in [0.05, 0.1) is 17.8 Å². The summed E-state index contributed by atoms with van der Waals surface area (Å²) in [5, 5.41) is 15.5. The first-order chi connectivity index (χ1) is 17.0. The fourth-order valence-electron chi connectivity index (χ4n) is 4.75. The summed E-state index contributed by atoms with van der Waals surface area (Å²) in [4.78, 5) is 13.4. The normalized spacial score (nSPS) is 15.9. The van der Waals surface area contributed by atoms with E-state index in [9.17, 15) is 14.3 Å². The molecule has 4 aromatic carbocycles. The molecule has 0 aromatic heterocycles. The van der Waals surface area contributed by atoms with Gasteiger partial charge in [-0.1, -0.05) is 54.6 Å². The molecule has 0 bridgehead atoms. The van der Waals surface area contributed by atoms with Crippen LogP contribution in [0, 0.1) is 5.82 Å². The molecule has 2 atom stereocenters. The van der Waals surface area contributed by atoms with Gasteiger partial charge >= 0.3 is 5.97 Å². The molecule has 6 heteroatoms. The molecule has 0 saturated carbocycles. The van der Waals surface area contributed by atoms with Gasteiger partial charge in [-0.15, -0.1) is 0 Å². The van der Waals surface area contributed by atoms with Crippen molar-refractivity contribution in [2.24, 2.45) is 0 Å². The number of hydrogen-bond acceptors (Lipinski definition) is 4. The monoisotopic (exact) mass is 470 g/mol. The standard InChI is InChI=1S/C29H27FN2O3/c1-19(25-10-6-8-20-7-2-3-9-26(20)25)31-14-13-24-18-32(27-11-4-5-12-28(27)35-24)23-16-21(29(33)34)15-22(30)17-23/h2-12,15-17,19,24,31H,13-14,18H2,1H3,(H,33,34)/t19-,24?/m1/s1. The fraction of sp³-hybridized carbons (Fsp3) is 0.207. The number of aromatic carboxylic acids is 1. The topological polar surface area (TPSA) is 61.8 Å². The number of carboxylic acids is 1.